The first-order valence-corrected chi connectivity index (χ1v) is 6.42. The SMILES string of the molecule is CC(C)N1C=CN(CN2C=CN(C(C)C)C2)C1. The molecule has 0 saturated heterocycles. The van der Waals surface area contributed by atoms with Gasteiger partial charge in [0, 0.05) is 36.9 Å². The van der Waals surface area contributed by atoms with E-state index < -0.39 is 0 Å². The second-order valence-corrected chi connectivity index (χ2v) is 5.41. The van der Waals surface area contributed by atoms with Gasteiger partial charge in [0.2, 0.25) is 0 Å². The van der Waals surface area contributed by atoms with Crippen LogP contribution in [-0.4, -0.2) is 51.7 Å². The van der Waals surface area contributed by atoms with Crippen molar-refractivity contribution < 1.29 is 0 Å². The van der Waals surface area contributed by atoms with Crippen molar-refractivity contribution in [2.75, 3.05) is 20.0 Å². The van der Waals surface area contributed by atoms with Gasteiger partial charge in [-0.2, -0.15) is 0 Å². The molecule has 17 heavy (non-hydrogen) atoms. The quantitative estimate of drug-likeness (QED) is 0.738. The molecule has 0 bridgehead atoms. The van der Waals surface area contributed by atoms with Crippen LogP contribution in [0, 0.1) is 0 Å². The van der Waals surface area contributed by atoms with Crippen LogP contribution in [0.1, 0.15) is 27.7 Å². The Balaban J connectivity index is 1.78. The Morgan fingerprint density at radius 1 is 0.765 bits per heavy atom. The zero-order chi connectivity index (χ0) is 12.4. The van der Waals surface area contributed by atoms with E-state index >= 15 is 0 Å². The molecule has 0 atom stereocenters. The zero-order valence-electron chi connectivity index (χ0n) is 11.4. The number of hydrogen-bond donors (Lipinski definition) is 0. The van der Waals surface area contributed by atoms with Crippen LogP contribution in [-0.2, 0) is 0 Å². The van der Waals surface area contributed by atoms with Gasteiger partial charge in [-0.25, -0.2) is 0 Å². The van der Waals surface area contributed by atoms with E-state index in [2.05, 4.69) is 72.1 Å². The van der Waals surface area contributed by atoms with Crippen LogP contribution in [0.25, 0.3) is 0 Å². The van der Waals surface area contributed by atoms with Crippen LogP contribution in [0.3, 0.4) is 0 Å². The normalized spacial score (nSPS) is 19.6. The molecule has 0 amide bonds. The highest BCUT2D eigenvalue weighted by molar-refractivity contribution is 4.96. The summed E-state index contributed by atoms with van der Waals surface area (Å²) in [4.78, 5) is 9.38. The van der Waals surface area contributed by atoms with Crippen molar-refractivity contribution in [1.82, 2.24) is 19.6 Å². The van der Waals surface area contributed by atoms with E-state index in [9.17, 15) is 0 Å². The summed E-state index contributed by atoms with van der Waals surface area (Å²) in [6, 6.07) is 1.16. The van der Waals surface area contributed by atoms with Gasteiger partial charge >= 0.3 is 0 Å². The fourth-order valence-electron chi connectivity index (χ4n) is 2.06. The third-order valence-corrected chi connectivity index (χ3v) is 3.32. The van der Waals surface area contributed by atoms with Gasteiger partial charge in [0.1, 0.15) is 0 Å². The lowest BCUT2D eigenvalue weighted by atomic mass is 10.4. The Morgan fingerprint density at radius 3 is 1.47 bits per heavy atom. The Bertz CT molecular complexity index is 279. The van der Waals surface area contributed by atoms with Crippen molar-refractivity contribution in [3.63, 3.8) is 0 Å². The van der Waals surface area contributed by atoms with E-state index in [0.29, 0.717) is 12.1 Å². The smallest absolute Gasteiger partial charge is 0.0927 e. The van der Waals surface area contributed by atoms with Crippen molar-refractivity contribution in [3.05, 3.63) is 24.8 Å². The summed E-state index contributed by atoms with van der Waals surface area (Å²) in [5.74, 6) is 0. The van der Waals surface area contributed by atoms with Crippen molar-refractivity contribution in [2.45, 2.75) is 39.8 Å². The molecule has 0 unspecified atom stereocenters. The molecule has 0 saturated carbocycles. The molecule has 0 aromatic heterocycles. The summed E-state index contributed by atoms with van der Waals surface area (Å²) in [5, 5.41) is 0. The molecule has 0 aliphatic carbocycles. The third-order valence-electron chi connectivity index (χ3n) is 3.32. The first kappa shape index (κ1) is 12.1. The average molecular weight is 236 g/mol. The molecule has 4 heteroatoms. The molecule has 0 radical (unpaired) electrons. The standard InChI is InChI=1S/C13H24N4/c1-12(2)16-7-5-14(10-16)9-15-6-8-17(11-15)13(3)4/h5-8,12-13H,9-11H2,1-4H3. The van der Waals surface area contributed by atoms with Gasteiger partial charge in [-0.15, -0.1) is 0 Å². The fourth-order valence-corrected chi connectivity index (χ4v) is 2.06. The van der Waals surface area contributed by atoms with Crippen molar-refractivity contribution >= 4 is 0 Å². The van der Waals surface area contributed by atoms with Crippen LogP contribution in [0.2, 0.25) is 0 Å². The molecule has 2 aliphatic heterocycles. The van der Waals surface area contributed by atoms with E-state index in [4.69, 9.17) is 0 Å². The van der Waals surface area contributed by atoms with Crippen molar-refractivity contribution in [2.24, 2.45) is 0 Å². The molecule has 0 aromatic carbocycles. The monoisotopic (exact) mass is 236 g/mol. The molecule has 4 nitrogen and oxygen atoms in total. The van der Waals surface area contributed by atoms with Crippen LogP contribution < -0.4 is 0 Å². The molecule has 96 valence electrons. The van der Waals surface area contributed by atoms with Gasteiger partial charge in [0.25, 0.3) is 0 Å². The lowest BCUT2D eigenvalue weighted by molar-refractivity contribution is 0.144. The van der Waals surface area contributed by atoms with E-state index in [1.165, 1.54) is 0 Å². The second kappa shape index (κ2) is 4.90. The fraction of sp³-hybridized carbons (Fsp3) is 0.692. The summed E-state index contributed by atoms with van der Waals surface area (Å²) in [5.41, 5.74) is 0. The Kier molecular flexibility index (Phi) is 3.50. The molecule has 0 N–H and O–H groups in total. The summed E-state index contributed by atoms with van der Waals surface area (Å²) in [7, 11) is 0. The lowest BCUT2D eigenvalue weighted by Gasteiger charge is -2.29. The van der Waals surface area contributed by atoms with Gasteiger partial charge in [0.05, 0.1) is 20.0 Å². The highest BCUT2D eigenvalue weighted by atomic mass is 15.5. The molecule has 0 fully saturated rings. The predicted molar refractivity (Wildman–Crippen MR) is 70.5 cm³/mol. The van der Waals surface area contributed by atoms with Crippen LogP contribution in [0.15, 0.2) is 24.8 Å². The number of nitrogens with zero attached hydrogens (tertiary/aromatic N) is 4. The molecule has 0 aromatic rings. The van der Waals surface area contributed by atoms with Crippen LogP contribution in [0.4, 0.5) is 0 Å². The number of rotatable bonds is 4. The molecular weight excluding hydrogens is 212 g/mol. The topological polar surface area (TPSA) is 13.0 Å². The Labute approximate surface area is 105 Å². The number of hydrogen-bond acceptors (Lipinski definition) is 4. The maximum atomic E-state index is 2.35. The Hall–Kier alpha value is -1.32. The zero-order valence-corrected chi connectivity index (χ0v) is 11.4. The van der Waals surface area contributed by atoms with Crippen LogP contribution >= 0.6 is 0 Å². The van der Waals surface area contributed by atoms with E-state index in [0.717, 1.165) is 20.0 Å². The first-order chi connectivity index (χ1) is 8.06. The molecule has 2 rings (SSSR count). The second-order valence-electron chi connectivity index (χ2n) is 5.41. The minimum atomic E-state index is 0.581. The maximum absolute atomic E-state index is 2.35. The van der Waals surface area contributed by atoms with E-state index in [1.807, 2.05) is 0 Å². The van der Waals surface area contributed by atoms with Gasteiger partial charge in [-0.05, 0) is 27.7 Å². The summed E-state index contributed by atoms with van der Waals surface area (Å²) >= 11 is 0. The third kappa shape index (κ3) is 2.87. The van der Waals surface area contributed by atoms with Crippen LogP contribution in [0.5, 0.6) is 0 Å². The molecule has 2 aliphatic rings. The highest BCUT2D eigenvalue weighted by Gasteiger charge is 2.19. The molecular formula is C13H24N4. The summed E-state index contributed by atoms with van der Waals surface area (Å²) in [6.07, 6.45) is 8.74. The molecule has 2 heterocycles. The van der Waals surface area contributed by atoms with E-state index in [-0.39, 0.29) is 0 Å². The first-order valence-electron chi connectivity index (χ1n) is 6.42. The largest absolute Gasteiger partial charge is 0.356 e. The van der Waals surface area contributed by atoms with Gasteiger partial charge in [0.15, 0.2) is 0 Å². The predicted octanol–water partition coefficient (Wildman–Crippen LogP) is 1.85. The maximum Gasteiger partial charge on any atom is 0.0927 e. The van der Waals surface area contributed by atoms with Gasteiger partial charge in [-0.3, -0.25) is 0 Å². The highest BCUT2D eigenvalue weighted by Crippen LogP contribution is 2.14. The minimum absolute atomic E-state index is 0.581. The minimum Gasteiger partial charge on any atom is -0.356 e. The lowest BCUT2D eigenvalue weighted by Crippen LogP contribution is -2.38. The Morgan fingerprint density at radius 2 is 1.18 bits per heavy atom. The summed E-state index contributed by atoms with van der Waals surface area (Å²) < 4.78 is 0. The molecule has 0 spiro atoms. The van der Waals surface area contributed by atoms with Gasteiger partial charge < -0.3 is 19.6 Å². The average Bonchev–Trinajstić information content (AvgIpc) is 2.87. The van der Waals surface area contributed by atoms with Crippen molar-refractivity contribution in [3.8, 4) is 0 Å². The summed E-state index contributed by atoms with van der Waals surface area (Å²) in [6.45, 7) is 11.9. The van der Waals surface area contributed by atoms with E-state index in [1.54, 1.807) is 0 Å². The van der Waals surface area contributed by atoms with Crippen molar-refractivity contribution in [1.29, 1.82) is 0 Å². The van der Waals surface area contributed by atoms with Gasteiger partial charge in [-0.1, -0.05) is 0 Å².